The van der Waals surface area contributed by atoms with Crippen LogP contribution in [0, 0.1) is 0 Å². The maximum Gasteiger partial charge on any atom is 0.255 e. The van der Waals surface area contributed by atoms with Gasteiger partial charge in [0.15, 0.2) is 0 Å². The number of aliphatic hydroxyl groups excluding tert-OH is 1. The molecule has 0 aliphatic carbocycles. The normalized spacial score (nSPS) is 11.3. The lowest BCUT2D eigenvalue weighted by Gasteiger charge is -2.19. The number of halogens is 4. The topological polar surface area (TPSA) is 40.5 Å². The van der Waals surface area contributed by atoms with E-state index in [-0.39, 0.29) is 13.2 Å². The fourth-order valence-electron chi connectivity index (χ4n) is 1.48. The van der Waals surface area contributed by atoms with Gasteiger partial charge in [0.1, 0.15) is 0 Å². The van der Waals surface area contributed by atoms with Gasteiger partial charge < -0.3 is 10.0 Å². The highest BCUT2D eigenvalue weighted by molar-refractivity contribution is 6.35. The Bertz CT molecular complexity index is 495. The Balaban J connectivity index is 2.78. The molecule has 1 rings (SSSR count). The average molecular weight is 324 g/mol. The lowest BCUT2D eigenvalue weighted by molar-refractivity contribution is -0.128. The zero-order chi connectivity index (χ0) is 15.1. The Kier molecular flexibility index (Phi) is 6.91. The molecule has 1 amide bonds. The van der Waals surface area contributed by atoms with Crippen LogP contribution < -0.4 is 0 Å². The van der Waals surface area contributed by atoms with Gasteiger partial charge >= 0.3 is 0 Å². The largest absolute Gasteiger partial charge is 0.395 e. The number of hydrogen-bond acceptors (Lipinski definition) is 2. The summed E-state index contributed by atoms with van der Waals surface area (Å²) >= 11 is 11.7. The molecule has 0 aliphatic rings. The number of rotatable bonds is 6. The molecule has 0 bridgehead atoms. The quantitative estimate of drug-likeness (QED) is 0.817. The molecule has 0 aromatic heterocycles. The minimum Gasteiger partial charge on any atom is -0.395 e. The number of nitrogens with zero attached hydrogens (tertiary/aromatic N) is 1. The third kappa shape index (κ3) is 5.45. The van der Waals surface area contributed by atoms with Crippen LogP contribution in [0.25, 0.3) is 6.08 Å². The number of alkyl halides is 2. The van der Waals surface area contributed by atoms with Crippen LogP contribution in [-0.4, -0.2) is 42.0 Å². The molecule has 0 atom stereocenters. The highest BCUT2D eigenvalue weighted by Crippen LogP contribution is 2.22. The van der Waals surface area contributed by atoms with Gasteiger partial charge in [-0.3, -0.25) is 4.79 Å². The second-order valence-electron chi connectivity index (χ2n) is 3.90. The van der Waals surface area contributed by atoms with Gasteiger partial charge in [0.25, 0.3) is 6.43 Å². The van der Waals surface area contributed by atoms with E-state index in [9.17, 15) is 13.6 Å². The van der Waals surface area contributed by atoms with Gasteiger partial charge in [-0.15, -0.1) is 0 Å². The van der Waals surface area contributed by atoms with Gasteiger partial charge in [-0.05, 0) is 23.8 Å². The van der Waals surface area contributed by atoms with E-state index >= 15 is 0 Å². The van der Waals surface area contributed by atoms with Crippen LogP contribution >= 0.6 is 23.2 Å². The van der Waals surface area contributed by atoms with Gasteiger partial charge in [0, 0.05) is 22.7 Å². The smallest absolute Gasteiger partial charge is 0.255 e. The summed E-state index contributed by atoms with van der Waals surface area (Å²) in [4.78, 5) is 12.6. The van der Waals surface area contributed by atoms with E-state index in [1.807, 2.05) is 0 Å². The summed E-state index contributed by atoms with van der Waals surface area (Å²) in [6, 6.07) is 4.72. The minimum atomic E-state index is -2.65. The lowest BCUT2D eigenvalue weighted by atomic mass is 10.2. The molecular formula is C13H13Cl2F2NO2. The molecule has 1 N–H and O–H groups in total. The highest BCUT2D eigenvalue weighted by Gasteiger charge is 2.15. The molecule has 110 valence electrons. The van der Waals surface area contributed by atoms with Crippen molar-refractivity contribution in [2.24, 2.45) is 0 Å². The number of aliphatic hydroxyl groups is 1. The highest BCUT2D eigenvalue weighted by atomic mass is 35.5. The maximum absolute atomic E-state index is 12.3. The second kappa shape index (κ2) is 8.19. The van der Waals surface area contributed by atoms with Crippen LogP contribution in [0.1, 0.15) is 5.56 Å². The molecule has 0 saturated carbocycles. The summed E-state index contributed by atoms with van der Waals surface area (Å²) in [5.74, 6) is -0.620. The molecule has 7 heteroatoms. The van der Waals surface area contributed by atoms with E-state index in [0.717, 1.165) is 11.0 Å². The van der Waals surface area contributed by atoms with Gasteiger partial charge in [0.05, 0.1) is 13.2 Å². The number of carbonyl (C=O) groups is 1. The summed E-state index contributed by atoms with van der Waals surface area (Å²) in [6.07, 6.45) is -0.109. The van der Waals surface area contributed by atoms with E-state index in [0.29, 0.717) is 15.6 Å². The third-order valence-electron chi connectivity index (χ3n) is 2.41. The van der Waals surface area contributed by atoms with Crippen LogP contribution in [0.2, 0.25) is 10.0 Å². The molecule has 0 unspecified atom stereocenters. The van der Waals surface area contributed by atoms with Crippen molar-refractivity contribution in [2.75, 3.05) is 19.7 Å². The predicted octanol–water partition coefficient (Wildman–Crippen LogP) is 3.09. The van der Waals surface area contributed by atoms with Crippen LogP contribution in [-0.2, 0) is 4.79 Å². The zero-order valence-electron chi connectivity index (χ0n) is 10.4. The van der Waals surface area contributed by atoms with Crippen LogP contribution in [0.4, 0.5) is 8.78 Å². The molecule has 20 heavy (non-hydrogen) atoms. The summed E-state index contributed by atoms with van der Waals surface area (Å²) in [5.41, 5.74) is 0.547. The van der Waals surface area contributed by atoms with Crippen molar-refractivity contribution < 1.29 is 18.7 Å². The van der Waals surface area contributed by atoms with Crippen molar-refractivity contribution in [2.45, 2.75) is 6.43 Å². The van der Waals surface area contributed by atoms with Crippen molar-refractivity contribution in [1.82, 2.24) is 4.90 Å². The fraction of sp³-hybridized carbons (Fsp3) is 0.308. The molecule has 0 saturated heterocycles. The summed E-state index contributed by atoms with van der Waals surface area (Å²) < 4.78 is 24.6. The number of benzene rings is 1. The van der Waals surface area contributed by atoms with Gasteiger partial charge in [-0.2, -0.15) is 0 Å². The summed E-state index contributed by atoms with van der Waals surface area (Å²) in [6.45, 7) is -1.26. The van der Waals surface area contributed by atoms with E-state index in [2.05, 4.69) is 0 Å². The van der Waals surface area contributed by atoms with Crippen molar-refractivity contribution in [1.29, 1.82) is 0 Å². The Morgan fingerprint density at radius 1 is 1.40 bits per heavy atom. The Labute approximate surface area is 125 Å². The molecule has 0 aliphatic heterocycles. The van der Waals surface area contributed by atoms with Gasteiger partial charge in [-0.25, -0.2) is 8.78 Å². The van der Waals surface area contributed by atoms with Crippen molar-refractivity contribution in [3.63, 3.8) is 0 Å². The minimum absolute atomic E-state index is 0.151. The first-order valence-electron chi connectivity index (χ1n) is 5.75. The van der Waals surface area contributed by atoms with Crippen LogP contribution in [0.3, 0.4) is 0 Å². The summed E-state index contributed by atoms with van der Waals surface area (Å²) in [7, 11) is 0. The molecule has 1 aromatic rings. The van der Waals surface area contributed by atoms with E-state index in [1.54, 1.807) is 12.1 Å². The van der Waals surface area contributed by atoms with Crippen LogP contribution in [0.15, 0.2) is 24.3 Å². The Morgan fingerprint density at radius 2 is 2.10 bits per heavy atom. The second-order valence-corrected chi connectivity index (χ2v) is 4.74. The maximum atomic E-state index is 12.3. The van der Waals surface area contributed by atoms with Gasteiger partial charge in [-0.1, -0.05) is 29.3 Å². The third-order valence-corrected chi connectivity index (χ3v) is 2.97. The van der Waals surface area contributed by atoms with Crippen molar-refractivity contribution >= 4 is 35.2 Å². The molecule has 0 fully saturated rings. The number of carbonyl (C=O) groups excluding carboxylic acids is 1. The SMILES string of the molecule is O=C(/C=C/c1ccc(Cl)cc1Cl)N(CCO)CC(F)F. The molecule has 0 heterocycles. The first-order chi connectivity index (χ1) is 9.43. The predicted molar refractivity (Wildman–Crippen MR) is 75.2 cm³/mol. The average Bonchev–Trinajstić information content (AvgIpc) is 2.36. The molecule has 0 radical (unpaired) electrons. The fourth-order valence-corrected chi connectivity index (χ4v) is 1.95. The monoisotopic (exact) mass is 323 g/mol. The lowest BCUT2D eigenvalue weighted by Crippen LogP contribution is -2.36. The first kappa shape index (κ1) is 16.9. The molecular weight excluding hydrogens is 311 g/mol. The number of amides is 1. The first-order valence-corrected chi connectivity index (χ1v) is 6.50. The van der Waals surface area contributed by atoms with Crippen LogP contribution in [0.5, 0.6) is 0 Å². The Hall–Kier alpha value is -1.17. The number of hydrogen-bond donors (Lipinski definition) is 1. The van der Waals surface area contributed by atoms with Crippen molar-refractivity contribution in [3.8, 4) is 0 Å². The molecule has 1 aromatic carbocycles. The zero-order valence-corrected chi connectivity index (χ0v) is 11.9. The standard InChI is InChI=1S/C13H13Cl2F2NO2/c14-10-3-1-9(11(15)7-10)2-4-13(20)18(5-6-19)8-12(16)17/h1-4,7,12,19H,5-6,8H2/b4-2+. The summed E-state index contributed by atoms with van der Waals surface area (Å²) in [5, 5.41) is 9.57. The molecule has 3 nitrogen and oxygen atoms in total. The van der Waals surface area contributed by atoms with E-state index in [4.69, 9.17) is 28.3 Å². The van der Waals surface area contributed by atoms with Crippen molar-refractivity contribution in [3.05, 3.63) is 39.9 Å². The van der Waals surface area contributed by atoms with E-state index < -0.39 is 18.9 Å². The van der Waals surface area contributed by atoms with Gasteiger partial charge in [0.2, 0.25) is 5.91 Å². The Morgan fingerprint density at radius 3 is 2.65 bits per heavy atom. The molecule has 0 spiro atoms. The van der Waals surface area contributed by atoms with E-state index in [1.165, 1.54) is 12.1 Å².